The van der Waals surface area contributed by atoms with Crippen molar-refractivity contribution in [2.75, 3.05) is 19.7 Å². The number of primary amides is 1. The van der Waals surface area contributed by atoms with Gasteiger partial charge in [-0.05, 0) is 19.9 Å². The van der Waals surface area contributed by atoms with Crippen molar-refractivity contribution in [3.63, 3.8) is 0 Å². The van der Waals surface area contributed by atoms with Crippen molar-refractivity contribution < 1.29 is 14.3 Å². The summed E-state index contributed by atoms with van der Waals surface area (Å²) >= 11 is 0. The van der Waals surface area contributed by atoms with Gasteiger partial charge in [-0.2, -0.15) is 5.10 Å². The lowest BCUT2D eigenvalue weighted by molar-refractivity contribution is -0.133. The fraction of sp³-hybridized carbons (Fsp3) is 0.333. The van der Waals surface area contributed by atoms with Crippen LogP contribution in [0.2, 0.25) is 0 Å². The number of benzene rings is 1. The highest BCUT2D eigenvalue weighted by molar-refractivity contribution is 6.06. The Hall–Kier alpha value is -3.26. The number of nitrogens with zero attached hydrogens (tertiary/aromatic N) is 4. The van der Waals surface area contributed by atoms with Gasteiger partial charge in [-0.3, -0.25) is 9.59 Å². The maximum atomic E-state index is 13.4. The predicted octanol–water partition coefficient (Wildman–Crippen LogP) is 2.01. The topological polar surface area (TPSA) is 103 Å². The summed E-state index contributed by atoms with van der Waals surface area (Å²) in [7, 11) is 0. The number of nitrogens with two attached hydrogens (primary N) is 1. The van der Waals surface area contributed by atoms with E-state index in [0.29, 0.717) is 28.8 Å². The Morgan fingerprint density at radius 1 is 1.24 bits per heavy atom. The van der Waals surface area contributed by atoms with Crippen molar-refractivity contribution in [2.24, 2.45) is 5.73 Å². The lowest BCUT2D eigenvalue weighted by atomic mass is 10.1. The van der Waals surface area contributed by atoms with Gasteiger partial charge in [0.05, 0.1) is 36.0 Å². The molecule has 4 rings (SSSR count). The minimum atomic E-state index is -0.794. The van der Waals surface area contributed by atoms with Crippen molar-refractivity contribution >= 4 is 22.8 Å². The molecule has 8 heteroatoms. The van der Waals surface area contributed by atoms with Crippen LogP contribution in [0.4, 0.5) is 0 Å². The molecule has 1 fully saturated rings. The Balaban J connectivity index is 1.82. The number of morpholine rings is 1. The number of hydrogen-bond acceptors (Lipinski definition) is 5. The maximum Gasteiger partial charge on any atom is 0.254 e. The van der Waals surface area contributed by atoms with E-state index in [-0.39, 0.29) is 25.1 Å². The molecule has 1 atom stereocenters. The highest BCUT2D eigenvalue weighted by Gasteiger charge is 2.30. The molecule has 3 heterocycles. The Morgan fingerprint density at radius 3 is 2.69 bits per heavy atom. The summed E-state index contributed by atoms with van der Waals surface area (Å²) in [5, 5.41) is 5.13. The van der Waals surface area contributed by atoms with Crippen LogP contribution < -0.4 is 5.73 Å². The number of pyridine rings is 1. The minimum absolute atomic E-state index is 0.0941. The summed E-state index contributed by atoms with van der Waals surface area (Å²) in [6.45, 7) is 4.83. The lowest BCUT2D eigenvalue weighted by Gasteiger charge is -2.31. The fourth-order valence-electron chi connectivity index (χ4n) is 3.51. The molecule has 1 aromatic carbocycles. The van der Waals surface area contributed by atoms with Gasteiger partial charge in [0.15, 0.2) is 11.8 Å². The fourth-order valence-corrected chi connectivity index (χ4v) is 3.51. The molecule has 0 saturated carbocycles. The van der Waals surface area contributed by atoms with E-state index >= 15 is 0 Å². The summed E-state index contributed by atoms with van der Waals surface area (Å²) in [6, 6.07) is 11.6. The van der Waals surface area contributed by atoms with Gasteiger partial charge in [0.1, 0.15) is 0 Å². The second-order valence-corrected chi connectivity index (χ2v) is 7.35. The van der Waals surface area contributed by atoms with Crippen LogP contribution in [-0.4, -0.2) is 57.3 Å². The molecule has 1 saturated heterocycles. The number of carbonyl (C=O) groups is 2. The molecule has 2 amide bonds. The van der Waals surface area contributed by atoms with Crippen LogP contribution in [0.15, 0.2) is 42.6 Å². The second-order valence-electron chi connectivity index (χ2n) is 7.35. The van der Waals surface area contributed by atoms with Crippen LogP contribution in [0, 0.1) is 0 Å². The molecule has 0 bridgehead atoms. The Bertz CT molecular complexity index is 1060. The predicted molar refractivity (Wildman–Crippen MR) is 108 cm³/mol. The molecule has 1 aliphatic heterocycles. The van der Waals surface area contributed by atoms with Gasteiger partial charge in [-0.1, -0.05) is 30.3 Å². The standard InChI is InChI=1S/C21H23N5O3/c1-13(2)26-20-16(11-23-26)15(10-17(24-20)14-6-4-3-5-7-14)21(28)25-8-9-29-18(12-25)19(22)27/h3-7,10-11,13,18H,8-9,12H2,1-2H3,(H2,22,27). The smallest absolute Gasteiger partial charge is 0.254 e. The number of ether oxygens (including phenoxy) is 1. The summed E-state index contributed by atoms with van der Waals surface area (Å²) in [4.78, 5) is 31.3. The summed E-state index contributed by atoms with van der Waals surface area (Å²) in [5.74, 6) is -0.757. The van der Waals surface area contributed by atoms with E-state index in [1.165, 1.54) is 0 Å². The van der Waals surface area contributed by atoms with E-state index in [0.717, 1.165) is 5.56 Å². The lowest BCUT2D eigenvalue weighted by Crippen LogP contribution is -2.50. The molecular weight excluding hydrogens is 370 g/mol. The van der Waals surface area contributed by atoms with Gasteiger partial charge in [0, 0.05) is 18.2 Å². The first-order valence-electron chi connectivity index (χ1n) is 9.59. The van der Waals surface area contributed by atoms with E-state index in [1.54, 1.807) is 17.2 Å². The molecule has 8 nitrogen and oxygen atoms in total. The molecular formula is C21H23N5O3. The van der Waals surface area contributed by atoms with E-state index in [9.17, 15) is 9.59 Å². The normalized spacial score (nSPS) is 17.1. The minimum Gasteiger partial charge on any atom is -0.367 e. The zero-order valence-corrected chi connectivity index (χ0v) is 16.4. The van der Waals surface area contributed by atoms with Crippen molar-refractivity contribution in [3.8, 4) is 11.3 Å². The van der Waals surface area contributed by atoms with Crippen LogP contribution in [0.5, 0.6) is 0 Å². The molecule has 0 spiro atoms. The molecule has 1 unspecified atom stereocenters. The van der Waals surface area contributed by atoms with Crippen LogP contribution in [-0.2, 0) is 9.53 Å². The van der Waals surface area contributed by atoms with E-state index < -0.39 is 12.0 Å². The molecule has 29 heavy (non-hydrogen) atoms. The van der Waals surface area contributed by atoms with Crippen LogP contribution in [0.1, 0.15) is 30.2 Å². The first-order valence-corrected chi connectivity index (χ1v) is 9.59. The van der Waals surface area contributed by atoms with Gasteiger partial charge < -0.3 is 15.4 Å². The summed E-state index contributed by atoms with van der Waals surface area (Å²) < 4.78 is 7.18. The average Bonchev–Trinajstić information content (AvgIpc) is 3.17. The van der Waals surface area contributed by atoms with Crippen molar-refractivity contribution in [3.05, 3.63) is 48.2 Å². The third kappa shape index (κ3) is 3.58. The summed E-state index contributed by atoms with van der Waals surface area (Å²) in [6.07, 6.45) is 0.883. The van der Waals surface area contributed by atoms with Crippen molar-refractivity contribution in [1.29, 1.82) is 0 Å². The van der Waals surface area contributed by atoms with Gasteiger partial charge in [0.25, 0.3) is 5.91 Å². The SMILES string of the molecule is CC(C)n1ncc2c(C(=O)N3CCOC(C(N)=O)C3)cc(-c3ccccc3)nc21. The first kappa shape index (κ1) is 19.1. The number of rotatable bonds is 4. The highest BCUT2D eigenvalue weighted by atomic mass is 16.5. The Labute approximate surface area is 168 Å². The van der Waals surface area contributed by atoms with Gasteiger partial charge >= 0.3 is 0 Å². The first-order chi connectivity index (χ1) is 14.0. The van der Waals surface area contributed by atoms with E-state index in [4.69, 9.17) is 15.5 Å². The van der Waals surface area contributed by atoms with Crippen LogP contribution >= 0.6 is 0 Å². The molecule has 2 aromatic heterocycles. The molecule has 1 aliphatic rings. The molecule has 150 valence electrons. The highest BCUT2D eigenvalue weighted by Crippen LogP contribution is 2.27. The quantitative estimate of drug-likeness (QED) is 0.730. The number of amides is 2. The molecule has 2 N–H and O–H groups in total. The monoisotopic (exact) mass is 393 g/mol. The molecule has 3 aromatic rings. The number of carbonyl (C=O) groups excluding carboxylic acids is 2. The average molecular weight is 393 g/mol. The zero-order valence-electron chi connectivity index (χ0n) is 16.4. The Kier molecular flexibility index (Phi) is 5.02. The van der Waals surface area contributed by atoms with Gasteiger partial charge in [-0.15, -0.1) is 0 Å². The number of hydrogen-bond donors (Lipinski definition) is 1. The van der Waals surface area contributed by atoms with Gasteiger partial charge in [0.2, 0.25) is 5.91 Å². The van der Waals surface area contributed by atoms with E-state index in [2.05, 4.69) is 5.10 Å². The second kappa shape index (κ2) is 7.63. The zero-order chi connectivity index (χ0) is 20.5. The molecule has 0 aliphatic carbocycles. The van der Waals surface area contributed by atoms with E-state index in [1.807, 2.05) is 48.9 Å². The third-order valence-corrected chi connectivity index (χ3v) is 5.03. The van der Waals surface area contributed by atoms with Crippen molar-refractivity contribution in [2.45, 2.75) is 26.0 Å². The molecule has 0 radical (unpaired) electrons. The van der Waals surface area contributed by atoms with Gasteiger partial charge in [-0.25, -0.2) is 9.67 Å². The van der Waals surface area contributed by atoms with Crippen molar-refractivity contribution in [1.82, 2.24) is 19.7 Å². The number of aromatic nitrogens is 3. The largest absolute Gasteiger partial charge is 0.367 e. The van der Waals surface area contributed by atoms with Crippen LogP contribution in [0.3, 0.4) is 0 Å². The third-order valence-electron chi connectivity index (χ3n) is 5.03. The maximum absolute atomic E-state index is 13.4. The number of fused-ring (bicyclic) bond motifs is 1. The summed E-state index contributed by atoms with van der Waals surface area (Å²) in [5.41, 5.74) is 8.14. The Morgan fingerprint density at radius 2 is 2.00 bits per heavy atom. The van der Waals surface area contributed by atoms with Crippen LogP contribution in [0.25, 0.3) is 22.3 Å².